The number of rotatable bonds is 4. The largest absolute Gasteiger partial charge is 0.463 e. The molecule has 0 amide bonds. The topological polar surface area (TPSA) is 26.3 Å². The first-order valence-electron chi connectivity index (χ1n) is 5.62. The van der Waals surface area contributed by atoms with Crippen LogP contribution in [-0.2, 0) is 9.53 Å². The van der Waals surface area contributed by atoms with Gasteiger partial charge in [-0.1, -0.05) is 30.3 Å². The second-order valence-electron chi connectivity index (χ2n) is 4.27. The summed E-state index contributed by atoms with van der Waals surface area (Å²) in [6.07, 6.45) is -6.05. The average Bonchev–Trinajstić information content (AvgIpc) is 2.25. The maximum Gasteiger partial charge on any atom is 0.390 e. The summed E-state index contributed by atoms with van der Waals surface area (Å²) in [6, 6.07) is 7.88. The first-order chi connectivity index (χ1) is 8.29. The second-order valence-corrected chi connectivity index (χ2v) is 4.27. The van der Waals surface area contributed by atoms with Crippen LogP contribution in [0.25, 0.3) is 0 Å². The van der Waals surface area contributed by atoms with Gasteiger partial charge in [-0.15, -0.1) is 0 Å². The Hall–Kier alpha value is -1.52. The Labute approximate surface area is 104 Å². The van der Waals surface area contributed by atoms with Crippen molar-refractivity contribution in [3.05, 3.63) is 35.9 Å². The van der Waals surface area contributed by atoms with Crippen molar-refractivity contribution in [1.29, 1.82) is 0 Å². The summed E-state index contributed by atoms with van der Waals surface area (Å²) in [6.45, 7) is 3.21. The van der Waals surface area contributed by atoms with E-state index in [4.69, 9.17) is 4.74 Å². The first kappa shape index (κ1) is 14.5. The molecular formula is C13H15F3O2. The molecule has 1 rings (SSSR count). The molecule has 18 heavy (non-hydrogen) atoms. The van der Waals surface area contributed by atoms with Crippen LogP contribution in [0.5, 0.6) is 0 Å². The third-order valence-electron chi connectivity index (χ3n) is 2.27. The number of hydrogen-bond donors (Lipinski definition) is 0. The van der Waals surface area contributed by atoms with Crippen molar-refractivity contribution in [2.75, 3.05) is 0 Å². The van der Waals surface area contributed by atoms with Gasteiger partial charge in [0.25, 0.3) is 0 Å². The Morgan fingerprint density at radius 3 is 2.22 bits per heavy atom. The molecule has 0 N–H and O–H groups in total. The first-order valence-corrected chi connectivity index (χ1v) is 5.62. The fraction of sp³-hybridized carbons (Fsp3) is 0.462. The number of carbonyl (C=O) groups is 1. The SMILES string of the molecule is CC(C)OC(=O)C(CC(F)(F)F)c1ccccc1. The molecule has 1 aromatic rings. The van der Waals surface area contributed by atoms with Crippen LogP contribution < -0.4 is 0 Å². The second kappa shape index (κ2) is 5.89. The van der Waals surface area contributed by atoms with Crippen molar-refractivity contribution in [1.82, 2.24) is 0 Å². The van der Waals surface area contributed by atoms with Crippen LogP contribution in [0.1, 0.15) is 31.7 Å². The molecule has 0 radical (unpaired) electrons. The molecule has 0 aromatic heterocycles. The van der Waals surface area contributed by atoms with Crippen molar-refractivity contribution >= 4 is 5.97 Å². The molecular weight excluding hydrogens is 245 g/mol. The standard InChI is InChI=1S/C13H15F3O2/c1-9(2)18-12(17)11(8-13(14,15)16)10-6-4-3-5-7-10/h3-7,9,11H,8H2,1-2H3. The summed E-state index contributed by atoms with van der Waals surface area (Å²) < 4.78 is 42.3. The Balaban J connectivity index is 2.92. The van der Waals surface area contributed by atoms with Crippen molar-refractivity contribution in [3.8, 4) is 0 Å². The van der Waals surface area contributed by atoms with Crippen LogP contribution in [0.15, 0.2) is 30.3 Å². The number of alkyl halides is 3. The lowest BCUT2D eigenvalue weighted by Gasteiger charge is -2.19. The molecule has 1 atom stereocenters. The Kier molecular flexibility index (Phi) is 4.76. The summed E-state index contributed by atoms with van der Waals surface area (Å²) >= 11 is 0. The van der Waals surface area contributed by atoms with Gasteiger partial charge in [-0.3, -0.25) is 4.79 Å². The van der Waals surface area contributed by atoms with Gasteiger partial charge in [0.05, 0.1) is 18.4 Å². The molecule has 0 heterocycles. The molecule has 0 aliphatic carbocycles. The van der Waals surface area contributed by atoms with E-state index in [2.05, 4.69) is 0 Å². The maximum atomic E-state index is 12.5. The minimum Gasteiger partial charge on any atom is -0.463 e. The Morgan fingerprint density at radius 2 is 1.78 bits per heavy atom. The molecule has 0 aliphatic rings. The summed E-state index contributed by atoms with van der Waals surface area (Å²) in [7, 11) is 0. The van der Waals surface area contributed by atoms with Crippen LogP contribution in [0.2, 0.25) is 0 Å². The predicted molar refractivity (Wildman–Crippen MR) is 61.1 cm³/mol. The molecule has 0 fully saturated rings. The number of benzene rings is 1. The highest BCUT2D eigenvalue weighted by Gasteiger charge is 2.37. The van der Waals surface area contributed by atoms with E-state index in [1.165, 1.54) is 12.1 Å². The number of esters is 1. The van der Waals surface area contributed by atoms with Gasteiger partial charge in [-0.05, 0) is 19.4 Å². The van der Waals surface area contributed by atoms with Crippen molar-refractivity contribution in [2.45, 2.75) is 38.5 Å². The van der Waals surface area contributed by atoms with Crippen molar-refractivity contribution in [3.63, 3.8) is 0 Å². The summed E-state index contributed by atoms with van der Waals surface area (Å²) in [5.74, 6) is -2.14. The monoisotopic (exact) mass is 260 g/mol. The van der Waals surface area contributed by atoms with Crippen LogP contribution in [0.3, 0.4) is 0 Å². The van der Waals surface area contributed by atoms with Crippen molar-refractivity contribution < 1.29 is 22.7 Å². The van der Waals surface area contributed by atoms with Gasteiger partial charge in [-0.25, -0.2) is 0 Å². The van der Waals surface area contributed by atoms with Crippen LogP contribution >= 0.6 is 0 Å². The van der Waals surface area contributed by atoms with E-state index in [-0.39, 0.29) is 0 Å². The third kappa shape index (κ3) is 4.77. The molecule has 2 nitrogen and oxygen atoms in total. The van der Waals surface area contributed by atoms with Gasteiger partial charge >= 0.3 is 12.1 Å². The lowest BCUT2D eigenvalue weighted by atomic mass is 9.95. The maximum absolute atomic E-state index is 12.5. The van der Waals surface area contributed by atoms with Crippen LogP contribution in [-0.4, -0.2) is 18.2 Å². The number of halogens is 3. The summed E-state index contributed by atoms with van der Waals surface area (Å²) in [4.78, 5) is 11.7. The highest BCUT2D eigenvalue weighted by atomic mass is 19.4. The number of ether oxygens (including phenoxy) is 1. The van der Waals surface area contributed by atoms with Crippen molar-refractivity contribution in [2.24, 2.45) is 0 Å². The van der Waals surface area contributed by atoms with Gasteiger partial charge in [0.15, 0.2) is 0 Å². The van der Waals surface area contributed by atoms with E-state index in [9.17, 15) is 18.0 Å². The minimum atomic E-state index is -4.41. The molecule has 0 spiro atoms. The molecule has 1 unspecified atom stereocenters. The quantitative estimate of drug-likeness (QED) is 0.772. The third-order valence-corrected chi connectivity index (χ3v) is 2.27. The molecule has 1 aromatic carbocycles. The lowest BCUT2D eigenvalue weighted by Crippen LogP contribution is -2.24. The zero-order valence-electron chi connectivity index (χ0n) is 10.2. The average molecular weight is 260 g/mol. The fourth-order valence-electron chi connectivity index (χ4n) is 1.57. The van der Waals surface area contributed by atoms with E-state index in [0.29, 0.717) is 5.56 Å². The van der Waals surface area contributed by atoms with E-state index in [0.717, 1.165) is 0 Å². The molecule has 0 aliphatic heterocycles. The van der Waals surface area contributed by atoms with E-state index >= 15 is 0 Å². The molecule has 100 valence electrons. The van der Waals surface area contributed by atoms with Gasteiger partial charge in [0.2, 0.25) is 0 Å². The molecule has 0 saturated heterocycles. The minimum absolute atomic E-state index is 0.320. The summed E-state index contributed by atoms with van der Waals surface area (Å²) in [5, 5.41) is 0. The van der Waals surface area contributed by atoms with Gasteiger partial charge < -0.3 is 4.74 Å². The van der Waals surface area contributed by atoms with E-state index < -0.39 is 30.6 Å². The molecule has 5 heteroatoms. The van der Waals surface area contributed by atoms with Gasteiger partial charge in [-0.2, -0.15) is 13.2 Å². The van der Waals surface area contributed by atoms with Gasteiger partial charge in [0, 0.05) is 0 Å². The molecule has 0 saturated carbocycles. The zero-order chi connectivity index (χ0) is 13.8. The Bertz CT molecular complexity index is 385. The summed E-state index contributed by atoms with van der Waals surface area (Å²) in [5.41, 5.74) is 0.320. The van der Waals surface area contributed by atoms with Crippen LogP contribution in [0, 0.1) is 0 Å². The van der Waals surface area contributed by atoms with Gasteiger partial charge in [0.1, 0.15) is 0 Å². The smallest absolute Gasteiger partial charge is 0.390 e. The Morgan fingerprint density at radius 1 is 1.22 bits per heavy atom. The zero-order valence-corrected chi connectivity index (χ0v) is 10.2. The normalized spacial score (nSPS) is 13.4. The predicted octanol–water partition coefficient (Wildman–Crippen LogP) is 3.67. The molecule has 0 bridgehead atoms. The fourth-order valence-corrected chi connectivity index (χ4v) is 1.57. The van der Waals surface area contributed by atoms with E-state index in [1.807, 2.05) is 0 Å². The van der Waals surface area contributed by atoms with E-state index in [1.54, 1.807) is 32.0 Å². The van der Waals surface area contributed by atoms with Crippen LogP contribution in [0.4, 0.5) is 13.2 Å². The lowest BCUT2D eigenvalue weighted by molar-refractivity contribution is -0.164. The highest BCUT2D eigenvalue weighted by Crippen LogP contribution is 2.32. The number of carbonyl (C=O) groups excluding carboxylic acids is 1. The highest BCUT2D eigenvalue weighted by molar-refractivity contribution is 5.78. The number of hydrogen-bond acceptors (Lipinski definition) is 2.